The largest absolute Gasteiger partial charge is 0.350 e. The Morgan fingerprint density at radius 2 is 2.39 bits per heavy atom. The van der Waals surface area contributed by atoms with Crippen LogP contribution in [-0.4, -0.2) is 27.2 Å². The van der Waals surface area contributed by atoms with E-state index in [1.54, 1.807) is 22.3 Å². The van der Waals surface area contributed by atoms with Crippen molar-refractivity contribution in [2.75, 3.05) is 6.54 Å². The van der Waals surface area contributed by atoms with Crippen LogP contribution in [0.1, 0.15) is 35.0 Å². The third-order valence-electron chi connectivity index (χ3n) is 2.54. The molecule has 1 N–H and O–H groups in total. The molecule has 0 spiro atoms. The average Bonchev–Trinajstić information content (AvgIpc) is 2.99. The van der Waals surface area contributed by atoms with E-state index in [-0.39, 0.29) is 5.91 Å². The van der Waals surface area contributed by atoms with Crippen LogP contribution in [0.25, 0.3) is 0 Å². The number of nitrogens with one attached hydrogen (secondary N) is 1. The second-order valence-corrected chi connectivity index (χ2v) is 5.25. The molecule has 0 bridgehead atoms. The molecule has 0 aliphatic rings. The molecule has 0 aromatic carbocycles. The quantitative estimate of drug-likeness (QED) is 0.897. The number of carbonyl (C=O) groups excluding carboxylic acids is 1. The fourth-order valence-electron chi connectivity index (χ4n) is 1.51. The summed E-state index contributed by atoms with van der Waals surface area (Å²) in [5.74, 6) is 0.435. The zero-order valence-corrected chi connectivity index (χ0v) is 11.3. The number of hydrogen-bond donors (Lipinski definition) is 1. The minimum atomic E-state index is -0.0294. The Morgan fingerprint density at radius 3 is 3.00 bits per heavy atom. The predicted molar refractivity (Wildman–Crippen MR) is 70.8 cm³/mol. The molecule has 0 saturated heterocycles. The van der Waals surface area contributed by atoms with Gasteiger partial charge in [-0.25, -0.2) is 4.98 Å². The van der Waals surface area contributed by atoms with Crippen molar-refractivity contribution in [3.8, 4) is 0 Å². The molecule has 6 heteroatoms. The van der Waals surface area contributed by atoms with Crippen LogP contribution in [0.3, 0.4) is 0 Å². The van der Waals surface area contributed by atoms with E-state index in [2.05, 4.69) is 29.2 Å². The van der Waals surface area contributed by atoms with Crippen LogP contribution in [0, 0.1) is 0 Å². The van der Waals surface area contributed by atoms with E-state index in [0.29, 0.717) is 19.0 Å². The molecular formula is C12H16N4OS. The maximum absolute atomic E-state index is 11.9. The van der Waals surface area contributed by atoms with Gasteiger partial charge in [0.15, 0.2) is 0 Å². The van der Waals surface area contributed by atoms with Crippen LogP contribution < -0.4 is 5.32 Å². The van der Waals surface area contributed by atoms with E-state index in [1.165, 1.54) is 11.2 Å². The number of rotatable bonds is 5. The molecule has 0 atom stereocenters. The summed E-state index contributed by atoms with van der Waals surface area (Å²) in [6.45, 7) is 5.43. The molecule has 5 nitrogen and oxygen atoms in total. The van der Waals surface area contributed by atoms with Gasteiger partial charge in [-0.2, -0.15) is 5.10 Å². The van der Waals surface area contributed by atoms with Gasteiger partial charge in [-0.3, -0.25) is 9.48 Å². The summed E-state index contributed by atoms with van der Waals surface area (Å²) in [5, 5.41) is 8.74. The molecular weight excluding hydrogens is 248 g/mol. The molecule has 0 unspecified atom stereocenters. The molecule has 1 amide bonds. The van der Waals surface area contributed by atoms with E-state index in [1.807, 2.05) is 11.4 Å². The van der Waals surface area contributed by atoms with Crippen molar-refractivity contribution < 1.29 is 4.79 Å². The number of carbonyl (C=O) groups is 1. The van der Waals surface area contributed by atoms with Crippen molar-refractivity contribution in [1.82, 2.24) is 20.1 Å². The lowest BCUT2D eigenvalue weighted by atomic mass is 10.1. The SMILES string of the molecule is CC(C)c1cc(C(=O)NCCn2cncn2)cs1. The standard InChI is InChI=1S/C12H16N4OS/c1-9(2)11-5-10(6-18-11)12(17)14-3-4-16-8-13-7-15-16/h5-9H,3-4H2,1-2H3,(H,14,17). The lowest BCUT2D eigenvalue weighted by molar-refractivity contribution is 0.0952. The van der Waals surface area contributed by atoms with Crippen molar-refractivity contribution in [3.63, 3.8) is 0 Å². The number of amides is 1. The van der Waals surface area contributed by atoms with Crippen LogP contribution in [0.4, 0.5) is 0 Å². The highest BCUT2D eigenvalue weighted by Gasteiger charge is 2.09. The Bertz CT molecular complexity index is 504. The van der Waals surface area contributed by atoms with E-state index in [0.717, 1.165) is 5.56 Å². The summed E-state index contributed by atoms with van der Waals surface area (Å²) in [5.41, 5.74) is 0.738. The Morgan fingerprint density at radius 1 is 1.56 bits per heavy atom. The molecule has 2 rings (SSSR count). The molecule has 96 valence electrons. The summed E-state index contributed by atoms with van der Waals surface area (Å²) < 4.78 is 1.69. The first-order valence-corrected chi connectivity index (χ1v) is 6.74. The van der Waals surface area contributed by atoms with E-state index >= 15 is 0 Å². The molecule has 2 heterocycles. The lowest BCUT2D eigenvalue weighted by Gasteiger charge is -2.03. The van der Waals surface area contributed by atoms with Crippen molar-refractivity contribution in [3.05, 3.63) is 34.5 Å². The minimum absolute atomic E-state index is 0.0294. The van der Waals surface area contributed by atoms with Gasteiger partial charge in [0, 0.05) is 16.8 Å². The van der Waals surface area contributed by atoms with Gasteiger partial charge in [0.05, 0.1) is 12.1 Å². The molecule has 18 heavy (non-hydrogen) atoms. The molecule has 2 aromatic heterocycles. The smallest absolute Gasteiger partial charge is 0.252 e. The van der Waals surface area contributed by atoms with Crippen molar-refractivity contribution in [1.29, 1.82) is 0 Å². The first kappa shape index (κ1) is 12.8. The number of thiophene rings is 1. The topological polar surface area (TPSA) is 59.8 Å². The third kappa shape index (κ3) is 3.16. The van der Waals surface area contributed by atoms with Crippen LogP contribution in [0.15, 0.2) is 24.1 Å². The maximum Gasteiger partial charge on any atom is 0.252 e. The third-order valence-corrected chi connectivity index (χ3v) is 3.78. The highest BCUT2D eigenvalue weighted by atomic mass is 32.1. The number of nitrogens with zero attached hydrogens (tertiary/aromatic N) is 3. The Kier molecular flexibility index (Phi) is 4.09. The second kappa shape index (κ2) is 5.77. The van der Waals surface area contributed by atoms with Crippen LogP contribution >= 0.6 is 11.3 Å². The first-order valence-electron chi connectivity index (χ1n) is 5.86. The van der Waals surface area contributed by atoms with Crippen LogP contribution in [-0.2, 0) is 6.54 Å². The summed E-state index contributed by atoms with van der Waals surface area (Å²) in [4.78, 5) is 16.9. The Labute approximate surface area is 110 Å². The van der Waals surface area contributed by atoms with Gasteiger partial charge in [0.2, 0.25) is 0 Å². The second-order valence-electron chi connectivity index (χ2n) is 4.31. The summed E-state index contributed by atoms with van der Waals surface area (Å²) in [6, 6.07) is 1.96. The highest BCUT2D eigenvalue weighted by molar-refractivity contribution is 7.10. The van der Waals surface area contributed by atoms with Gasteiger partial charge in [-0.05, 0) is 12.0 Å². The summed E-state index contributed by atoms with van der Waals surface area (Å²) in [6.07, 6.45) is 3.11. The monoisotopic (exact) mass is 264 g/mol. The fourth-order valence-corrected chi connectivity index (χ4v) is 2.41. The number of hydrogen-bond acceptors (Lipinski definition) is 4. The lowest BCUT2D eigenvalue weighted by Crippen LogP contribution is -2.27. The van der Waals surface area contributed by atoms with Gasteiger partial charge < -0.3 is 5.32 Å². The van der Waals surface area contributed by atoms with Gasteiger partial charge in [-0.1, -0.05) is 13.8 Å². The molecule has 0 fully saturated rings. The minimum Gasteiger partial charge on any atom is -0.350 e. The molecule has 0 radical (unpaired) electrons. The summed E-state index contributed by atoms with van der Waals surface area (Å²) in [7, 11) is 0. The van der Waals surface area contributed by atoms with Crippen LogP contribution in [0.2, 0.25) is 0 Å². The van der Waals surface area contributed by atoms with E-state index in [4.69, 9.17) is 0 Å². The van der Waals surface area contributed by atoms with Crippen molar-refractivity contribution >= 4 is 17.2 Å². The van der Waals surface area contributed by atoms with Gasteiger partial charge in [0.25, 0.3) is 5.91 Å². The van der Waals surface area contributed by atoms with Crippen molar-refractivity contribution in [2.45, 2.75) is 26.3 Å². The molecule has 0 aliphatic carbocycles. The molecule has 0 aliphatic heterocycles. The maximum atomic E-state index is 11.9. The molecule has 0 saturated carbocycles. The van der Waals surface area contributed by atoms with E-state index < -0.39 is 0 Å². The van der Waals surface area contributed by atoms with Gasteiger partial charge in [0.1, 0.15) is 12.7 Å². The zero-order chi connectivity index (χ0) is 13.0. The van der Waals surface area contributed by atoms with Crippen molar-refractivity contribution in [2.24, 2.45) is 0 Å². The average molecular weight is 264 g/mol. The normalized spacial score (nSPS) is 10.8. The molecule has 2 aromatic rings. The van der Waals surface area contributed by atoms with Gasteiger partial charge >= 0.3 is 0 Å². The van der Waals surface area contributed by atoms with Crippen LogP contribution in [0.5, 0.6) is 0 Å². The Balaban J connectivity index is 1.83. The number of aromatic nitrogens is 3. The van der Waals surface area contributed by atoms with E-state index in [9.17, 15) is 4.79 Å². The fraction of sp³-hybridized carbons (Fsp3) is 0.417. The Hall–Kier alpha value is -1.69. The van der Waals surface area contributed by atoms with Gasteiger partial charge in [-0.15, -0.1) is 11.3 Å². The predicted octanol–water partition coefficient (Wildman–Crippen LogP) is 1.89. The zero-order valence-electron chi connectivity index (χ0n) is 10.5. The summed E-state index contributed by atoms with van der Waals surface area (Å²) >= 11 is 1.63. The highest BCUT2D eigenvalue weighted by Crippen LogP contribution is 2.22. The first-order chi connectivity index (χ1) is 8.66.